The van der Waals surface area contributed by atoms with Crippen molar-refractivity contribution in [3.63, 3.8) is 0 Å². The molecule has 0 unspecified atom stereocenters. The molecule has 6 heteroatoms. The van der Waals surface area contributed by atoms with Gasteiger partial charge in [-0.1, -0.05) is 38.1 Å². The van der Waals surface area contributed by atoms with Crippen LogP contribution in [0.3, 0.4) is 0 Å². The van der Waals surface area contributed by atoms with Crippen LogP contribution >= 0.6 is 0 Å². The third kappa shape index (κ3) is 4.27. The highest BCUT2D eigenvalue weighted by atomic mass is 16.1. The summed E-state index contributed by atoms with van der Waals surface area (Å²) in [5.74, 6) is 1.66. The van der Waals surface area contributed by atoms with E-state index in [2.05, 4.69) is 72.3 Å². The van der Waals surface area contributed by atoms with Crippen molar-refractivity contribution >= 4 is 11.7 Å². The van der Waals surface area contributed by atoms with Gasteiger partial charge in [-0.15, -0.1) is 0 Å². The van der Waals surface area contributed by atoms with Crippen molar-refractivity contribution in [1.82, 2.24) is 20.2 Å². The predicted molar refractivity (Wildman–Crippen MR) is 108 cm³/mol. The molecule has 1 aliphatic rings. The minimum Gasteiger partial charge on any atom is -0.355 e. The highest BCUT2D eigenvalue weighted by Crippen LogP contribution is 2.27. The minimum absolute atomic E-state index is 0.0943. The molecule has 2 heterocycles. The maximum atomic E-state index is 12.3. The number of carbonyl (C=O) groups is 1. The summed E-state index contributed by atoms with van der Waals surface area (Å²) in [5.41, 5.74) is 4.06. The summed E-state index contributed by atoms with van der Waals surface area (Å²) in [6.45, 7) is 6.38. The molecule has 0 radical (unpaired) electrons. The number of aromatic nitrogens is 2. The van der Waals surface area contributed by atoms with Crippen LogP contribution in [0.4, 0.5) is 5.82 Å². The molecule has 2 aromatic rings. The monoisotopic (exact) mass is 367 g/mol. The van der Waals surface area contributed by atoms with Gasteiger partial charge in [0.05, 0.1) is 0 Å². The van der Waals surface area contributed by atoms with E-state index in [1.165, 1.54) is 11.1 Å². The number of benzene rings is 1. The average molecular weight is 367 g/mol. The van der Waals surface area contributed by atoms with Crippen molar-refractivity contribution in [3.8, 4) is 0 Å². The van der Waals surface area contributed by atoms with E-state index in [9.17, 15) is 4.79 Å². The maximum Gasteiger partial charge on any atom is 0.270 e. The Morgan fingerprint density at radius 2 is 1.74 bits per heavy atom. The summed E-state index contributed by atoms with van der Waals surface area (Å²) in [4.78, 5) is 26.0. The number of anilines is 1. The van der Waals surface area contributed by atoms with E-state index >= 15 is 0 Å². The van der Waals surface area contributed by atoms with E-state index in [1.54, 1.807) is 0 Å². The molecule has 0 saturated heterocycles. The number of hydrogen-bond acceptors (Lipinski definition) is 5. The molecule has 0 fully saturated rings. The van der Waals surface area contributed by atoms with Crippen LogP contribution in [-0.4, -0.2) is 48.5 Å². The Hall–Kier alpha value is -2.47. The highest BCUT2D eigenvalue weighted by molar-refractivity contribution is 5.96. The first-order valence-corrected chi connectivity index (χ1v) is 9.48. The molecule has 0 atom stereocenters. The van der Waals surface area contributed by atoms with Gasteiger partial charge in [-0.05, 0) is 31.6 Å². The zero-order chi connectivity index (χ0) is 19.6. The van der Waals surface area contributed by atoms with Crippen molar-refractivity contribution in [2.24, 2.45) is 0 Å². The number of nitrogens with zero attached hydrogens (tertiary/aromatic N) is 4. The van der Waals surface area contributed by atoms with Gasteiger partial charge in [0, 0.05) is 38.2 Å². The topological polar surface area (TPSA) is 61.4 Å². The molecule has 0 saturated carbocycles. The number of fused-ring (bicyclic) bond motifs is 1. The summed E-state index contributed by atoms with van der Waals surface area (Å²) in [6, 6.07) is 8.49. The van der Waals surface area contributed by atoms with Crippen molar-refractivity contribution in [2.45, 2.75) is 39.3 Å². The lowest BCUT2D eigenvalue weighted by atomic mass is 10.0. The van der Waals surface area contributed by atoms with Crippen LogP contribution < -0.4 is 10.2 Å². The quantitative estimate of drug-likeness (QED) is 0.850. The van der Waals surface area contributed by atoms with Crippen LogP contribution in [0.15, 0.2) is 24.3 Å². The summed E-state index contributed by atoms with van der Waals surface area (Å²) < 4.78 is 0. The van der Waals surface area contributed by atoms with Gasteiger partial charge in [0.15, 0.2) is 0 Å². The molecular formula is C21H29N5O. The van der Waals surface area contributed by atoms with Gasteiger partial charge in [-0.2, -0.15) is 0 Å². The molecule has 0 bridgehead atoms. The lowest BCUT2D eigenvalue weighted by molar-refractivity contribution is 0.0940. The van der Waals surface area contributed by atoms with E-state index in [-0.39, 0.29) is 11.8 Å². The average Bonchev–Trinajstić information content (AvgIpc) is 2.62. The molecule has 144 valence electrons. The van der Waals surface area contributed by atoms with Crippen LogP contribution in [0.25, 0.3) is 0 Å². The van der Waals surface area contributed by atoms with Gasteiger partial charge in [0.25, 0.3) is 5.91 Å². The molecule has 1 amide bonds. The third-order valence-corrected chi connectivity index (χ3v) is 4.77. The first-order valence-electron chi connectivity index (χ1n) is 9.48. The van der Waals surface area contributed by atoms with E-state index in [0.717, 1.165) is 30.9 Å². The molecule has 3 rings (SSSR count). The summed E-state index contributed by atoms with van der Waals surface area (Å²) in [5, 5.41) is 2.90. The summed E-state index contributed by atoms with van der Waals surface area (Å²) in [6.07, 6.45) is 0.762. The second kappa shape index (κ2) is 8.05. The fourth-order valence-electron chi connectivity index (χ4n) is 3.40. The van der Waals surface area contributed by atoms with E-state index < -0.39 is 0 Å². The molecule has 1 aliphatic heterocycles. The molecule has 1 aromatic carbocycles. The molecular weight excluding hydrogens is 338 g/mol. The Labute approximate surface area is 161 Å². The molecule has 6 nitrogen and oxygen atoms in total. The first kappa shape index (κ1) is 19.3. The minimum atomic E-state index is -0.0943. The Kier molecular flexibility index (Phi) is 5.75. The third-order valence-electron chi connectivity index (χ3n) is 4.77. The van der Waals surface area contributed by atoms with E-state index in [1.807, 2.05) is 7.05 Å². The number of amides is 1. The maximum absolute atomic E-state index is 12.3. The lowest BCUT2D eigenvalue weighted by Crippen LogP contribution is -2.35. The smallest absolute Gasteiger partial charge is 0.270 e. The Morgan fingerprint density at radius 1 is 1.07 bits per heavy atom. The Balaban J connectivity index is 1.98. The molecule has 0 aliphatic carbocycles. The van der Waals surface area contributed by atoms with Crippen molar-refractivity contribution in [3.05, 3.63) is 52.5 Å². The fourth-order valence-corrected chi connectivity index (χ4v) is 3.40. The van der Waals surface area contributed by atoms with Crippen LogP contribution in [0, 0.1) is 0 Å². The Bertz CT molecular complexity index is 831. The standard InChI is InChI=1S/C21H29N5O/c1-14(2)19-23-18-17(10-11-22-21(18)27)20(24-19)26(5)13-16-9-7-6-8-15(16)12-25(3)4/h6-9,14H,10-13H2,1-5H3,(H,22,27). The highest BCUT2D eigenvalue weighted by Gasteiger charge is 2.26. The van der Waals surface area contributed by atoms with Gasteiger partial charge in [-0.3, -0.25) is 4.79 Å². The Morgan fingerprint density at radius 3 is 2.37 bits per heavy atom. The van der Waals surface area contributed by atoms with Gasteiger partial charge in [-0.25, -0.2) is 9.97 Å². The SMILES string of the molecule is CC(C)c1nc2c(c(N(C)Cc3ccccc3CN(C)C)n1)CCNC2=O. The van der Waals surface area contributed by atoms with Gasteiger partial charge in [0.1, 0.15) is 17.3 Å². The first-order chi connectivity index (χ1) is 12.9. The zero-order valence-corrected chi connectivity index (χ0v) is 16.9. The van der Waals surface area contributed by atoms with Crippen molar-refractivity contribution in [1.29, 1.82) is 0 Å². The van der Waals surface area contributed by atoms with Gasteiger partial charge in [0.2, 0.25) is 0 Å². The van der Waals surface area contributed by atoms with Gasteiger partial charge >= 0.3 is 0 Å². The second-order valence-corrected chi connectivity index (χ2v) is 7.76. The lowest BCUT2D eigenvalue weighted by Gasteiger charge is -2.27. The molecule has 1 aromatic heterocycles. The molecule has 0 spiro atoms. The van der Waals surface area contributed by atoms with Crippen LogP contribution in [0.1, 0.15) is 52.8 Å². The normalized spacial score (nSPS) is 13.7. The summed E-state index contributed by atoms with van der Waals surface area (Å²) >= 11 is 0. The second-order valence-electron chi connectivity index (χ2n) is 7.76. The van der Waals surface area contributed by atoms with Crippen molar-refractivity contribution < 1.29 is 4.79 Å². The number of carbonyl (C=O) groups excluding carboxylic acids is 1. The zero-order valence-electron chi connectivity index (χ0n) is 16.9. The molecule has 1 N–H and O–H groups in total. The number of hydrogen-bond donors (Lipinski definition) is 1. The van der Waals surface area contributed by atoms with Crippen LogP contribution in [0.5, 0.6) is 0 Å². The van der Waals surface area contributed by atoms with Crippen molar-refractivity contribution in [2.75, 3.05) is 32.6 Å². The summed E-state index contributed by atoms with van der Waals surface area (Å²) in [7, 11) is 6.20. The number of nitrogens with one attached hydrogen (secondary N) is 1. The molecule has 27 heavy (non-hydrogen) atoms. The number of rotatable bonds is 6. The fraction of sp³-hybridized carbons (Fsp3) is 0.476. The van der Waals surface area contributed by atoms with E-state index in [4.69, 9.17) is 4.98 Å². The van der Waals surface area contributed by atoms with Gasteiger partial charge < -0.3 is 15.1 Å². The largest absolute Gasteiger partial charge is 0.355 e. The predicted octanol–water partition coefficient (Wildman–Crippen LogP) is 2.58. The van der Waals surface area contributed by atoms with E-state index in [0.29, 0.717) is 18.1 Å². The van der Waals surface area contributed by atoms with Crippen LogP contribution in [0.2, 0.25) is 0 Å². The van der Waals surface area contributed by atoms with Crippen LogP contribution in [-0.2, 0) is 19.5 Å².